The van der Waals surface area contributed by atoms with Crippen LogP contribution in [-0.2, 0) is 4.79 Å². The van der Waals surface area contributed by atoms with Gasteiger partial charge in [0.1, 0.15) is 24.5 Å². The molecule has 0 unspecified atom stereocenters. The number of para-hydroxylation sites is 1. The van der Waals surface area contributed by atoms with E-state index in [4.69, 9.17) is 4.74 Å². The molecule has 2 aliphatic rings. The van der Waals surface area contributed by atoms with Crippen LogP contribution >= 0.6 is 0 Å². The van der Waals surface area contributed by atoms with Crippen LogP contribution in [0.4, 0.5) is 4.79 Å². The maximum Gasteiger partial charge on any atom is 0.327 e. The summed E-state index contributed by atoms with van der Waals surface area (Å²) in [5, 5.41) is 10.2. The number of piperidine rings is 1. The number of β-amino-alcohol motifs (C(OH)–C–C–N with tert-alkyl or cyclic N) is 1. The summed E-state index contributed by atoms with van der Waals surface area (Å²) in [5.74, 6) is 0.555. The summed E-state index contributed by atoms with van der Waals surface area (Å²) in [7, 11) is 0. The van der Waals surface area contributed by atoms with Gasteiger partial charge in [-0.2, -0.15) is 0 Å². The summed E-state index contributed by atoms with van der Waals surface area (Å²) in [4.78, 5) is 27.5. The average molecular weight is 332 g/mol. The normalized spacial score (nSPS) is 21.9. The van der Waals surface area contributed by atoms with E-state index in [-0.39, 0.29) is 31.1 Å². The number of urea groups is 1. The Morgan fingerprint density at radius 1 is 1.25 bits per heavy atom. The number of rotatable bonds is 5. The minimum absolute atomic E-state index is 0.0183. The monoisotopic (exact) mass is 332 g/mol. The first-order chi connectivity index (χ1) is 11.5. The van der Waals surface area contributed by atoms with Crippen molar-refractivity contribution in [2.45, 2.75) is 45.3 Å². The third-order valence-electron chi connectivity index (χ3n) is 4.75. The number of nitrogens with zero attached hydrogens (tertiary/aromatic N) is 2. The molecule has 2 fully saturated rings. The predicted octanol–water partition coefficient (Wildman–Crippen LogP) is 1.86. The van der Waals surface area contributed by atoms with Crippen molar-refractivity contribution >= 4 is 11.9 Å². The van der Waals surface area contributed by atoms with Gasteiger partial charge in [-0.25, -0.2) is 4.79 Å². The molecule has 0 radical (unpaired) electrons. The van der Waals surface area contributed by atoms with Crippen LogP contribution in [0, 0.1) is 13.8 Å². The second-order valence-corrected chi connectivity index (χ2v) is 6.62. The molecule has 24 heavy (non-hydrogen) atoms. The molecule has 3 rings (SSSR count). The number of hydrogen-bond acceptors (Lipinski definition) is 4. The van der Waals surface area contributed by atoms with Crippen LogP contribution in [0.3, 0.4) is 0 Å². The van der Waals surface area contributed by atoms with Crippen molar-refractivity contribution in [2.24, 2.45) is 0 Å². The number of carbonyl (C=O) groups is 2. The Hall–Kier alpha value is -2.08. The van der Waals surface area contributed by atoms with E-state index in [0.717, 1.165) is 36.1 Å². The summed E-state index contributed by atoms with van der Waals surface area (Å²) in [6, 6.07) is 5.22. The number of hydrogen-bond donors (Lipinski definition) is 1. The topological polar surface area (TPSA) is 70.1 Å². The number of benzene rings is 1. The Morgan fingerprint density at radius 3 is 2.62 bits per heavy atom. The maximum absolute atomic E-state index is 12.4. The molecule has 0 aliphatic carbocycles. The van der Waals surface area contributed by atoms with Gasteiger partial charge in [0, 0.05) is 6.54 Å². The highest BCUT2D eigenvalue weighted by molar-refractivity contribution is 6.04. The van der Waals surface area contributed by atoms with Gasteiger partial charge in [0.25, 0.3) is 5.91 Å². The van der Waals surface area contributed by atoms with Crippen molar-refractivity contribution in [1.29, 1.82) is 0 Å². The van der Waals surface area contributed by atoms with Crippen LogP contribution in [0.15, 0.2) is 18.2 Å². The van der Waals surface area contributed by atoms with Crippen molar-refractivity contribution in [3.05, 3.63) is 29.3 Å². The Bertz CT molecular complexity index is 602. The average Bonchev–Trinajstić information content (AvgIpc) is 2.80. The smallest absolute Gasteiger partial charge is 0.327 e. The van der Waals surface area contributed by atoms with Gasteiger partial charge < -0.3 is 14.7 Å². The van der Waals surface area contributed by atoms with E-state index in [0.29, 0.717) is 6.54 Å². The van der Waals surface area contributed by atoms with Crippen molar-refractivity contribution in [3.63, 3.8) is 0 Å². The fourth-order valence-electron chi connectivity index (χ4n) is 3.48. The van der Waals surface area contributed by atoms with Crippen molar-refractivity contribution in [3.8, 4) is 5.75 Å². The first-order valence-corrected chi connectivity index (χ1v) is 8.48. The number of ether oxygens (including phenoxy) is 1. The van der Waals surface area contributed by atoms with Gasteiger partial charge in [-0.3, -0.25) is 9.69 Å². The first kappa shape index (κ1) is 16.8. The quantitative estimate of drug-likeness (QED) is 0.836. The molecule has 2 aliphatic heterocycles. The molecule has 1 aromatic carbocycles. The van der Waals surface area contributed by atoms with Crippen LogP contribution in [-0.4, -0.2) is 58.7 Å². The SMILES string of the molecule is Cc1cccc(C)c1OC[C@@H](O)CN1C(=O)[C@H]2CCCCN2C1=O. The zero-order chi connectivity index (χ0) is 17.3. The number of imide groups is 1. The molecule has 0 saturated carbocycles. The predicted molar refractivity (Wildman–Crippen MR) is 88.9 cm³/mol. The minimum atomic E-state index is -0.904. The number of aryl methyl sites for hydroxylation is 2. The Labute approximate surface area is 142 Å². The van der Waals surface area contributed by atoms with Gasteiger partial charge in [0.05, 0.1) is 6.54 Å². The van der Waals surface area contributed by atoms with Gasteiger partial charge in [0.2, 0.25) is 0 Å². The Balaban J connectivity index is 1.60. The van der Waals surface area contributed by atoms with Crippen LogP contribution in [0.1, 0.15) is 30.4 Å². The third-order valence-corrected chi connectivity index (χ3v) is 4.75. The highest BCUT2D eigenvalue weighted by Gasteiger charge is 2.46. The number of aliphatic hydroxyl groups excluding tert-OH is 1. The van der Waals surface area contributed by atoms with Crippen LogP contribution in [0.25, 0.3) is 0 Å². The van der Waals surface area contributed by atoms with Crippen LogP contribution in [0.5, 0.6) is 5.75 Å². The summed E-state index contributed by atoms with van der Waals surface area (Å²) in [5.41, 5.74) is 1.99. The van der Waals surface area contributed by atoms with Gasteiger partial charge in [-0.15, -0.1) is 0 Å². The second kappa shape index (κ2) is 6.81. The summed E-state index contributed by atoms with van der Waals surface area (Å²) < 4.78 is 5.72. The molecule has 2 atom stereocenters. The molecule has 0 aromatic heterocycles. The molecule has 2 saturated heterocycles. The second-order valence-electron chi connectivity index (χ2n) is 6.62. The van der Waals surface area contributed by atoms with Crippen molar-refractivity contribution in [1.82, 2.24) is 9.80 Å². The number of fused-ring (bicyclic) bond motifs is 1. The maximum atomic E-state index is 12.4. The summed E-state index contributed by atoms with van der Waals surface area (Å²) in [6.45, 7) is 4.55. The lowest BCUT2D eigenvalue weighted by atomic mass is 10.0. The number of aliphatic hydroxyl groups is 1. The zero-order valence-corrected chi connectivity index (χ0v) is 14.2. The van der Waals surface area contributed by atoms with Gasteiger partial charge in [-0.1, -0.05) is 18.2 Å². The molecule has 1 N–H and O–H groups in total. The molecule has 2 heterocycles. The van der Waals surface area contributed by atoms with Crippen molar-refractivity contribution < 1.29 is 19.4 Å². The minimum Gasteiger partial charge on any atom is -0.490 e. The molecule has 6 nitrogen and oxygen atoms in total. The Morgan fingerprint density at radius 2 is 1.96 bits per heavy atom. The lowest BCUT2D eigenvalue weighted by molar-refractivity contribution is -0.129. The van der Waals surface area contributed by atoms with E-state index in [9.17, 15) is 14.7 Å². The summed E-state index contributed by atoms with van der Waals surface area (Å²) >= 11 is 0. The lowest BCUT2D eigenvalue weighted by Gasteiger charge is -2.26. The molecule has 1 aromatic rings. The summed E-state index contributed by atoms with van der Waals surface area (Å²) in [6.07, 6.45) is 1.71. The first-order valence-electron chi connectivity index (χ1n) is 8.48. The molecule has 3 amide bonds. The van der Waals surface area contributed by atoms with Gasteiger partial charge >= 0.3 is 6.03 Å². The number of carbonyl (C=O) groups excluding carboxylic acids is 2. The lowest BCUT2D eigenvalue weighted by Crippen LogP contribution is -2.40. The van der Waals surface area contributed by atoms with E-state index in [1.807, 2.05) is 32.0 Å². The molecule has 0 spiro atoms. The molecule has 6 heteroatoms. The molecule has 0 bridgehead atoms. The molecular formula is C18H24N2O4. The highest BCUT2D eigenvalue weighted by Crippen LogP contribution is 2.27. The van der Waals surface area contributed by atoms with E-state index in [2.05, 4.69) is 0 Å². The van der Waals surface area contributed by atoms with E-state index < -0.39 is 6.10 Å². The van der Waals surface area contributed by atoms with E-state index in [1.165, 1.54) is 4.90 Å². The molecular weight excluding hydrogens is 308 g/mol. The van der Waals surface area contributed by atoms with Gasteiger partial charge in [-0.05, 0) is 44.2 Å². The third kappa shape index (κ3) is 3.11. The zero-order valence-electron chi connectivity index (χ0n) is 14.2. The van der Waals surface area contributed by atoms with Crippen LogP contribution < -0.4 is 4.74 Å². The fraction of sp³-hybridized carbons (Fsp3) is 0.556. The Kier molecular flexibility index (Phi) is 4.76. The standard InChI is InChI=1S/C18H24N2O4/c1-12-6-5-7-13(2)16(12)24-11-14(21)10-20-17(22)15-8-3-4-9-19(15)18(20)23/h5-7,14-15,21H,3-4,8-11H2,1-2H3/t14-,15+/m0/s1. The largest absolute Gasteiger partial charge is 0.490 e. The van der Waals surface area contributed by atoms with Crippen LogP contribution in [0.2, 0.25) is 0 Å². The highest BCUT2D eigenvalue weighted by atomic mass is 16.5. The number of amides is 3. The van der Waals surface area contributed by atoms with Gasteiger partial charge in [0.15, 0.2) is 0 Å². The van der Waals surface area contributed by atoms with E-state index >= 15 is 0 Å². The molecule has 130 valence electrons. The fourth-order valence-corrected chi connectivity index (χ4v) is 3.48. The van der Waals surface area contributed by atoms with Crippen molar-refractivity contribution in [2.75, 3.05) is 19.7 Å². The van der Waals surface area contributed by atoms with E-state index in [1.54, 1.807) is 4.90 Å².